The molecule has 4 N–H and O–H groups in total. The topological polar surface area (TPSA) is 101 Å². The van der Waals surface area contributed by atoms with Crippen LogP contribution < -0.4 is 5.73 Å². The molecule has 14 heavy (non-hydrogen) atoms. The second kappa shape index (κ2) is 2.95. The van der Waals surface area contributed by atoms with Crippen LogP contribution in [0.15, 0.2) is 0 Å². The summed E-state index contributed by atoms with van der Waals surface area (Å²) >= 11 is 0. The average Bonchev–Trinajstić information content (AvgIpc) is 2.24. The molecular weight excluding hydrogens is 186 g/mol. The van der Waals surface area contributed by atoms with Crippen LogP contribution in [0.1, 0.15) is 26.7 Å². The van der Waals surface area contributed by atoms with E-state index in [1.807, 2.05) is 0 Å². The number of carboxylic acids is 2. The highest BCUT2D eigenvalue weighted by Gasteiger charge is 2.59. The summed E-state index contributed by atoms with van der Waals surface area (Å²) in [5.74, 6) is -2.77. The molecule has 0 aliphatic heterocycles. The summed E-state index contributed by atoms with van der Waals surface area (Å²) in [5, 5.41) is 17.9. The molecule has 1 saturated carbocycles. The van der Waals surface area contributed by atoms with E-state index in [2.05, 4.69) is 0 Å². The SMILES string of the molecule is CC1(C)[C@H](C(=O)O)CC[C@@]1(N)C(=O)O. The highest BCUT2D eigenvalue weighted by molar-refractivity contribution is 5.83. The second-order valence-corrected chi connectivity index (χ2v) is 4.43. The van der Waals surface area contributed by atoms with Crippen molar-refractivity contribution in [3.63, 3.8) is 0 Å². The van der Waals surface area contributed by atoms with Crippen LogP contribution in [0.25, 0.3) is 0 Å². The Balaban J connectivity index is 3.08. The fourth-order valence-electron chi connectivity index (χ4n) is 2.18. The number of hydrogen-bond acceptors (Lipinski definition) is 3. The number of hydrogen-bond donors (Lipinski definition) is 3. The Labute approximate surface area is 81.9 Å². The summed E-state index contributed by atoms with van der Waals surface area (Å²) in [6.45, 7) is 3.21. The number of carbonyl (C=O) groups is 2. The molecule has 1 rings (SSSR count). The lowest BCUT2D eigenvalue weighted by molar-refractivity contribution is -0.151. The van der Waals surface area contributed by atoms with Gasteiger partial charge in [-0.3, -0.25) is 9.59 Å². The minimum Gasteiger partial charge on any atom is -0.481 e. The molecule has 0 unspecified atom stereocenters. The number of rotatable bonds is 2. The molecule has 5 heteroatoms. The Morgan fingerprint density at radius 3 is 2.07 bits per heavy atom. The Hall–Kier alpha value is -1.10. The van der Waals surface area contributed by atoms with Crippen LogP contribution in [-0.2, 0) is 9.59 Å². The van der Waals surface area contributed by atoms with Crippen molar-refractivity contribution in [2.24, 2.45) is 17.1 Å². The number of nitrogens with two attached hydrogens (primary N) is 1. The van der Waals surface area contributed by atoms with E-state index in [1.165, 1.54) is 0 Å². The zero-order valence-corrected chi connectivity index (χ0v) is 8.28. The molecule has 2 atom stereocenters. The van der Waals surface area contributed by atoms with Crippen LogP contribution in [-0.4, -0.2) is 27.7 Å². The molecule has 0 aromatic heterocycles. The number of carboxylic acid groups (broad SMARTS) is 2. The van der Waals surface area contributed by atoms with Gasteiger partial charge in [0.05, 0.1) is 5.92 Å². The predicted molar refractivity (Wildman–Crippen MR) is 48.7 cm³/mol. The zero-order valence-electron chi connectivity index (χ0n) is 8.28. The highest BCUT2D eigenvalue weighted by atomic mass is 16.4. The van der Waals surface area contributed by atoms with Crippen LogP contribution in [0, 0.1) is 11.3 Å². The Kier molecular flexibility index (Phi) is 2.31. The highest BCUT2D eigenvalue weighted by Crippen LogP contribution is 2.48. The molecule has 1 fully saturated rings. The first kappa shape index (κ1) is 11.0. The smallest absolute Gasteiger partial charge is 0.324 e. The lowest BCUT2D eigenvalue weighted by Gasteiger charge is -2.36. The first-order valence-electron chi connectivity index (χ1n) is 4.48. The van der Waals surface area contributed by atoms with Gasteiger partial charge in [0, 0.05) is 5.41 Å². The lowest BCUT2D eigenvalue weighted by atomic mass is 9.71. The quantitative estimate of drug-likeness (QED) is 0.596. The monoisotopic (exact) mass is 201 g/mol. The summed E-state index contributed by atoms with van der Waals surface area (Å²) in [7, 11) is 0. The van der Waals surface area contributed by atoms with Gasteiger partial charge in [-0.25, -0.2) is 0 Å². The van der Waals surface area contributed by atoms with Crippen molar-refractivity contribution in [2.45, 2.75) is 32.2 Å². The maximum absolute atomic E-state index is 11.0. The molecule has 0 spiro atoms. The van der Waals surface area contributed by atoms with Crippen molar-refractivity contribution in [2.75, 3.05) is 0 Å². The van der Waals surface area contributed by atoms with Crippen LogP contribution in [0.5, 0.6) is 0 Å². The van der Waals surface area contributed by atoms with Gasteiger partial charge < -0.3 is 15.9 Å². The first-order valence-corrected chi connectivity index (χ1v) is 4.48. The van der Waals surface area contributed by atoms with Crippen LogP contribution >= 0.6 is 0 Å². The van der Waals surface area contributed by atoms with Crippen molar-refractivity contribution in [3.05, 3.63) is 0 Å². The van der Waals surface area contributed by atoms with Gasteiger partial charge in [0.1, 0.15) is 5.54 Å². The van der Waals surface area contributed by atoms with Gasteiger partial charge in [0.15, 0.2) is 0 Å². The van der Waals surface area contributed by atoms with Gasteiger partial charge in [0.2, 0.25) is 0 Å². The summed E-state index contributed by atoms with van der Waals surface area (Å²) in [6, 6.07) is 0. The molecule has 0 heterocycles. The minimum atomic E-state index is -1.42. The molecule has 0 radical (unpaired) electrons. The van der Waals surface area contributed by atoms with Crippen LogP contribution in [0.3, 0.4) is 0 Å². The van der Waals surface area contributed by atoms with Gasteiger partial charge in [-0.05, 0) is 12.8 Å². The molecule has 5 nitrogen and oxygen atoms in total. The standard InChI is InChI=1S/C9H15NO4/c1-8(2)5(6(11)12)3-4-9(8,10)7(13)14/h5H,3-4,10H2,1-2H3,(H,11,12)(H,13,14)/t5-,9+/m0/s1. The summed E-state index contributed by atoms with van der Waals surface area (Å²) in [5.41, 5.74) is 3.41. The van der Waals surface area contributed by atoms with E-state index in [0.29, 0.717) is 6.42 Å². The van der Waals surface area contributed by atoms with Crippen molar-refractivity contribution in [1.82, 2.24) is 0 Å². The van der Waals surface area contributed by atoms with Crippen molar-refractivity contribution >= 4 is 11.9 Å². The summed E-state index contributed by atoms with van der Waals surface area (Å²) in [6.07, 6.45) is 0.539. The third kappa shape index (κ3) is 1.19. The van der Waals surface area contributed by atoms with Crippen molar-refractivity contribution in [1.29, 1.82) is 0 Å². The van der Waals surface area contributed by atoms with E-state index in [9.17, 15) is 9.59 Å². The Morgan fingerprint density at radius 1 is 1.36 bits per heavy atom. The van der Waals surface area contributed by atoms with E-state index in [0.717, 1.165) is 0 Å². The molecule has 80 valence electrons. The van der Waals surface area contributed by atoms with Crippen molar-refractivity contribution < 1.29 is 19.8 Å². The minimum absolute atomic E-state index is 0.215. The van der Waals surface area contributed by atoms with Crippen molar-refractivity contribution in [3.8, 4) is 0 Å². The normalized spacial score (nSPS) is 35.5. The molecule has 0 aromatic rings. The Morgan fingerprint density at radius 2 is 1.86 bits per heavy atom. The molecule has 1 aliphatic carbocycles. The molecular formula is C9H15NO4. The lowest BCUT2D eigenvalue weighted by Crippen LogP contribution is -2.57. The largest absolute Gasteiger partial charge is 0.481 e. The van der Waals surface area contributed by atoms with Gasteiger partial charge in [-0.15, -0.1) is 0 Å². The van der Waals surface area contributed by atoms with Crippen LogP contribution in [0.4, 0.5) is 0 Å². The molecule has 0 saturated heterocycles. The van der Waals surface area contributed by atoms with Gasteiger partial charge in [-0.1, -0.05) is 13.8 Å². The predicted octanol–water partition coefficient (Wildman–Crippen LogP) is 0.289. The average molecular weight is 201 g/mol. The second-order valence-electron chi connectivity index (χ2n) is 4.43. The summed E-state index contributed by atoms with van der Waals surface area (Å²) in [4.78, 5) is 21.9. The van der Waals surface area contributed by atoms with Crippen LogP contribution in [0.2, 0.25) is 0 Å². The third-order valence-electron chi connectivity index (χ3n) is 3.53. The molecule has 1 aliphatic rings. The fraction of sp³-hybridized carbons (Fsp3) is 0.778. The molecule has 0 aromatic carbocycles. The van der Waals surface area contributed by atoms with E-state index in [1.54, 1.807) is 13.8 Å². The summed E-state index contributed by atoms with van der Waals surface area (Å²) < 4.78 is 0. The number of aliphatic carboxylic acids is 2. The first-order chi connectivity index (χ1) is 6.23. The maximum Gasteiger partial charge on any atom is 0.324 e. The van der Waals surface area contributed by atoms with Gasteiger partial charge in [0.25, 0.3) is 0 Å². The van der Waals surface area contributed by atoms with Gasteiger partial charge in [-0.2, -0.15) is 0 Å². The van der Waals surface area contributed by atoms with E-state index in [-0.39, 0.29) is 6.42 Å². The van der Waals surface area contributed by atoms with Gasteiger partial charge >= 0.3 is 11.9 Å². The maximum atomic E-state index is 11.0. The van der Waals surface area contributed by atoms with E-state index in [4.69, 9.17) is 15.9 Å². The van der Waals surface area contributed by atoms with E-state index < -0.39 is 28.8 Å². The molecule has 0 amide bonds. The third-order valence-corrected chi connectivity index (χ3v) is 3.53. The fourth-order valence-corrected chi connectivity index (χ4v) is 2.18. The Bertz CT molecular complexity index is 287. The van der Waals surface area contributed by atoms with E-state index >= 15 is 0 Å². The molecule has 0 bridgehead atoms. The zero-order chi connectivity index (χ0) is 11.1.